The van der Waals surface area contributed by atoms with E-state index in [1.54, 1.807) is 12.1 Å². The number of nitrogens with one attached hydrogen (secondary N) is 1. The lowest BCUT2D eigenvalue weighted by Gasteiger charge is -2.22. The summed E-state index contributed by atoms with van der Waals surface area (Å²) in [7, 11) is -3.36. The maximum Gasteiger partial charge on any atom is 0.232 e. The van der Waals surface area contributed by atoms with Crippen LogP contribution in [0.2, 0.25) is 0 Å². The summed E-state index contributed by atoms with van der Waals surface area (Å²) in [6.07, 6.45) is 2.41. The van der Waals surface area contributed by atoms with E-state index in [1.807, 2.05) is 26.0 Å². The Hall–Kier alpha value is -1.56. The van der Waals surface area contributed by atoms with E-state index in [-0.39, 0.29) is 12.5 Å². The minimum absolute atomic E-state index is 0.0511. The molecule has 0 saturated carbocycles. The molecule has 0 bridgehead atoms. The Kier molecular flexibility index (Phi) is 6.01. The maximum absolute atomic E-state index is 11.8. The number of rotatable bonds is 7. The fourth-order valence-corrected chi connectivity index (χ4v) is 2.74. The number of carbonyl (C=O) groups excluding carboxylic acids is 1. The molecule has 0 aliphatic rings. The van der Waals surface area contributed by atoms with Crippen molar-refractivity contribution in [3.63, 3.8) is 0 Å². The average molecular weight is 298 g/mol. The third kappa shape index (κ3) is 5.21. The van der Waals surface area contributed by atoms with Crippen LogP contribution in [-0.2, 0) is 14.8 Å². The first-order valence-corrected chi connectivity index (χ1v) is 8.50. The monoisotopic (exact) mass is 298 g/mol. The van der Waals surface area contributed by atoms with Crippen molar-refractivity contribution in [1.82, 2.24) is 5.32 Å². The van der Waals surface area contributed by atoms with Crippen LogP contribution in [0.4, 0.5) is 5.69 Å². The van der Waals surface area contributed by atoms with E-state index >= 15 is 0 Å². The molecule has 1 aromatic rings. The van der Waals surface area contributed by atoms with Gasteiger partial charge in [0.25, 0.3) is 0 Å². The Balaban J connectivity index is 2.72. The second-order valence-corrected chi connectivity index (χ2v) is 6.68. The summed E-state index contributed by atoms with van der Waals surface area (Å²) in [5, 5.41) is 2.72. The first-order chi connectivity index (χ1) is 9.34. The van der Waals surface area contributed by atoms with Crippen molar-refractivity contribution in [2.45, 2.75) is 26.7 Å². The Morgan fingerprint density at radius 2 is 1.85 bits per heavy atom. The first kappa shape index (κ1) is 16.5. The van der Waals surface area contributed by atoms with Gasteiger partial charge in [0.1, 0.15) is 0 Å². The Morgan fingerprint density at radius 3 is 2.35 bits per heavy atom. The molecule has 1 N–H and O–H groups in total. The Labute approximate surface area is 121 Å². The molecule has 0 atom stereocenters. The summed E-state index contributed by atoms with van der Waals surface area (Å²) in [5.74, 6) is -0.0511. The van der Waals surface area contributed by atoms with Crippen LogP contribution in [0.5, 0.6) is 0 Å². The molecular formula is C14H22N2O3S. The molecule has 0 unspecified atom stereocenters. The van der Waals surface area contributed by atoms with Crippen LogP contribution in [0.3, 0.4) is 0 Å². The lowest BCUT2D eigenvalue weighted by molar-refractivity contribution is -0.121. The van der Waals surface area contributed by atoms with E-state index < -0.39 is 10.0 Å². The average Bonchev–Trinajstić information content (AvgIpc) is 2.35. The van der Waals surface area contributed by atoms with Gasteiger partial charge in [-0.3, -0.25) is 9.10 Å². The molecule has 0 heterocycles. The van der Waals surface area contributed by atoms with Crippen LogP contribution in [0, 0.1) is 6.92 Å². The Bertz CT molecular complexity index is 538. The molecule has 1 amide bonds. The van der Waals surface area contributed by atoms with E-state index in [4.69, 9.17) is 0 Å². The van der Waals surface area contributed by atoms with Crippen molar-refractivity contribution in [3.05, 3.63) is 29.8 Å². The van der Waals surface area contributed by atoms with Gasteiger partial charge in [0.15, 0.2) is 0 Å². The smallest absolute Gasteiger partial charge is 0.232 e. The van der Waals surface area contributed by atoms with Gasteiger partial charge in [-0.05, 0) is 25.5 Å². The van der Waals surface area contributed by atoms with Gasteiger partial charge >= 0.3 is 0 Å². The zero-order chi connectivity index (χ0) is 15.2. The largest absolute Gasteiger partial charge is 0.354 e. The fraction of sp³-hybridized carbons (Fsp3) is 0.500. The number of nitrogens with zero attached hydrogens (tertiary/aromatic N) is 1. The molecule has 112 valence electrons. The summed E-state index contributed by atoms with van der Waals surface area (Å²) in [6, 6.07) is 7.26. The van der Waals surface area contributed by atoms with Gasteiger partial charge in [-0.25, -0.2) is 8.42 Å². The molecule has 0 saturated heterocycles. The normalized spacial score (nSPS) is 11.2. The number of hydrogen-bond donors (Lipinski definition) is 1. The highest BCUT2D eigenvalue weighted by atomic mass is 32.2. The molecule has 6 heteroatoms. The highest BCUT2D eigenvalue weighted by Crippen LogP contribution is 2.17. The molecule has 0 radical (unpaired) electrons. The maximum atomic E-state index is 11.8. The van der Waals surface area contributed by atoms with Crippen molar-refractivity contribution in [2.75, 3.05) is 23.7 Å². The van der Waals surface area contributed by atoms with Gasteiger partial charge in [-0.15, -0.1) is 0 Å². The summed E-state index contributed by atoms with van der Waals surface area (Å²) in [4.78, 5) is 11.4. The zero-order valence-corrected chi connectivity index (χ0v) is 13.0. The van der Waals surface area contributed by atoms with E-state index in [9.17, 15) is 13.2 Å². The highest BCUT2D eigenvalue weighted by molar-refractivity contribution is 7.92. The minimum Gasteiger partial charge on any atom is -0.354 e. The summed E-state index contributed by atoms with van der Waals surface area (Å²) in [5.41, 5.74) is 1.68. The van der Waals surface area contributed by atoms with Crippen molar-refractivity contribution < 1.29 is 13.2 Å². The zero-order valence-electron chi connectivity index (χ0n) is 12.2. The molecular weight excluding hydrogens is 276 g/mol. The fourth-order valence-electron chi connectivity index (χ4n) is 1.81. The topological polar surface area (TPSA) is 66.5 Å². The van der Waals surface area contributed by atoms with Gasteiger partial charge in [0.05, 0.1) is 18.5 Å². The molecule has 5 nitrogen and oxygen atoms in total. The summed E-state index contributed by atoms with van der Waals surface area (Å²) < 4.78 is 25.0. The summed E-state index contributed by atoms with van der Waals surface area (Å²) >= 11 is 0. The number of benzene rings is 1. The number of anilines is 1. The molecule has 0 fully saturated rings. The third-order valence-corrected chi connectivity index (χ3v) is 4.03. The molecule has 1 aromatic carbocycles. The van der Waals surface area contributed by atoms with E-state index in [2.05, 4.69) is 5.32 Å². The van der Waals surface area contributed by atoms with Crippen molar-refractivity contribution >= 4 is 21.6 Å². The molecule has 0 aliphatic heterocycles. The number of sulfonamides is 1. The van der Waals surface area contributed by atoms with E-state index in [0.29, 0.717) is 18.7 Å². The van der Waals surface area contributed by atoms with Crippen LogP contribution in [-0.4, -0.2) is 33.7 Å². The van der Waals surface area contributed by atoms with Crippen molar-refractivity contribution in [2.24, 2.45) is 0 Å². The van der Waals surface area contributed by atoms with E-state index in [1.165, 1.54) is 10.6 Å². The molecule has 0 aliphatic carbocycles. The van der Waals surface area contributed by atoms with Crippen molar-refractivity contribution in [1.29, 1.82) is 0 Å². The van der Waals surface area contributed by atoms with Crippen LogP contribution in [0.25, 0.3) is 0 Å². The standard InChI is InChI=1S/C14H22N2O3S/c1-4-5-14(17)15-10-11-16(20(3,18)19)13-8-6-12(2)7-9-13/h6-9H,4-5,10-11H2,1-3H3,(H,15,17). The second-order valence-electron chi connectivity index (χ2n) is 4.77. The van der Waals surface area contributed by atoms with E-state index in [0.717, 1.165) is 12.0 Å². The quantitative estimate of drug-likeness (QED) is 0.833. The van der Waals surface area contributed by atoms with Crippen LogP contribution < -0.4 is 9.62 Å². The van der Waals surface area contributed by atoms with Gasteiger partial charge in [0.2, 0.25) is 15.9 Å². The predicted octanol–water partition coefficient (Wildman–Crippen LogP) is 1.68. The van der Waals surface area contributed by atoms with Crippen LogP contribution >= 0.6 is 0 Å². The summed E-state index contributed by atoms with van der Waals surface area (Å²) in [6.45, 7) is 4.41. The number of carbonyl (C=O) groups is 1. The lowest BCUT2D eigenvalue weighted by atomic mass is 10.2. The predicted molar refractivity (Wildman–Crippen MR) is 81.3 cm³/mol. The first-order valence-electron chi connectivity index (χ1n) is 6.65. The van der Waals surface area contributed by atoms with Gasteiger partial charge in [-0.2, -0.15) is 0 Å². The molecule has 1 rings (SSSR count). The van der Waals surface area contributed by atoms with Gasteiger partial charge in [-0.1, -0.05) is 24.6 Å². The number of hydrogen-bond acceptors (Lipinski definition) is 3. The van der Waals surface area contributed by atoms with Gasteiger partial charge < -0.3 is 5.32 Å². The van der Waals surface area contributed by atoms with Gasteiger partial charge in [0, 0.05) is 13.0 Å². The molecule has 0 aromatic heterocycles. The van der Waals surface area contributed by atoms with Crippen molar-refractivity contribution in [3.8, 4) is 0 Å². The second kappa shape index (κ2) is 7.28. The number of aryl methyl sites for hydroxylation is 1. The highest BCUT2D eigenvalue weighted by Gasteiger charge is 2.16. The number of amides is 1. The Morgan fingerprint density at radius 1 is 1.25 bits per heavy atom. The lowest BCUT2D eigenvalue weighted by Crippen LogP contribution is -2.38. The molecule has 0 spiro atoms. The third-order valence-electron chi connectivity index (χ3n) is 2.84. The van der Waals surface area contributed by atoms with Crippen LogP contribution in [0.15, 0.2) is 24.3 Å². The van der Waals surface area contributed by atoms with Crippen LogP contribution in [0.1, 0.15) is 25.3 Å². The molecule has 20 heavy (non-hydrogen) atoms. The SMILES string of the molecule is CCCC(=O)NCCN(c1ccc(C)cc1)S(C)(=O)=O. The minimum atomic E-state index is -3.36.